The van der Waals surface area contributed by atoms with Crippen molar-refractivity contribution in [2.24, 2.45) is 10.9 Å². The van der Waals surface area contributed by atoms with E-state index >= 15 is 0 Å². The molecule has 0 aromatic carbocycles. The van der Waals surface area contributed by atoms with Crippen LogP contribution in [0, 0.1) is 5.92 Å². The summed E-state index contributed by atoms with van der Waals surface area (Å²) in [6, 6.07) is 0. The molecule has 0 aliphatic carbocycles. The van der Waals surface area contributed by atoms with Gasteiger partial charge in [0.1, 0.15) is 0 Å². The first kappa shape index (κ1) is 10.3. The van der Waals surface area contributed by atoms with Gasteiger partial charge in [0.2, 0.25) is 0 Å². The Balaban J connectivity index is 2.60. The van der Waals surface area contributed by atoms with Crippen molar-refractivity contribution < 1.29 is 9.90 Å². The van der Waals surface area contributed by atoms with E-state index < -0.39 is 11.9 Å². The van der Waals surface area contributed by atoms with Crippen LogP contribution < -0.4 is 0 Å². The Morgan fingerprint density at radius 2 is 2.31 bits per heavy atom. The number of carboxylic acid groups (broad SMARTS) is 1. The molecule has 0 fully saturated rings. The molecule has 3 nitrogen and oxygen atoms in total. The molecule has 0 aromatic heterocycles. The quantitative estimate of drug-likeness (QED) is 0.519. The van der Waals surface area contributed by atoms with Crippen LogP contribution >= 0.6 is 11.6 Å². The fraction of sp³-hybridized carbons (Fsp3) is 0.556. The number of hydrogen-bond donors (Lipinski definition) is 1. The van der Waals surface area contributed by atoms with Gasteiger partial charge < -0.3 is 5.11 Å². The lowest BCUT2D eigenvalue weighted by atomic mass is 10.0. The van der Waals surface area contributed by atoms with Crippen molar-refractivity contribution in [1.82, 2.24) is 0 Å². The SMILES string of the molecule is O=C(O)C1C=NCC=CC(Cl)CC1. The second kappa shape index (κ2) is 5.02. The Labute approximate surface area is 82.1 Å². The summed E-state index contributed by atoms with van der Waals surface area (Å²) in [6.45, 7) is 0.521. The van der Waals surface area contributed by atoms with Crippen molar-refractivity contribution in [2.45, 2.75) is 18.2 Å². The van der Waals surface area contributed by atoms with Crippen LogP contribution in [0.25, 0.3) is 0 Å². The first-order chi connectivity index (χ1) is 6.20. The Morgan fingerprint density at radius 1 is 1.54 bits per heavy atom. The van der Waals surface area contributed by atoms with E-state index in [1.165, 1.54) is 6.21 Å². The average molecular weight is 202 g/mol. The fourth-order valence-electron chi connectivity index (χ4n) is 1.15. The number of aliphatic carboxylic acids is 1. The maximum Gasteiger partial charge on any atom is 0.311 e. The van der Waals surface area contributed by atoms with Gasteiger partial charge in [-0.25, -0.2) is 0 Å². The van der Waals surface area contributed by atoms with E-state index in [0.29, 0.717) is 19.4 Å². The summed E-state index contributed by atoms with van der Waals surface area (Å²) in [4.78, 5) is 14.7. The lowest BCUT2D eigenvalue weighted by molar-refractivity contribution is -0.139. The third-order valence-electron chi connectivity index (χ3n) is 1.91. The molecule has 72 valence electrons. The van der Waals surface area contributed by atoms with Crippen LogP contribution in [0.1, 0.15) is 12.8 Å². The number of nitrogens with zero attached hydrogens (tertiary/aromatic N) is 1. The summed E-state index contributed by atoms with van der Waals surface area (Å²) < 4.78 is 0. The summed E-state index contributed by atoms with van der Waals surface area (Å²) in [5.74, 6) is -1.31. The number of carboxylic acids is 1. The van der Waals surface area contributed by atoms with Gasteiger partial charge in [0.15, 0.2) is 0 Å². The number of halogens is 1. The van der Waals surface area contributed by atoms with Crippen LogP contribution in [-0.4, -0.2) is 29.2 Å². The van der Waals surface area contributed by atoms with E-state index in [4.69, 9.17) is 16.7 Å². The normalized spacial score (nSPS) is 29.0. The maximum atomic E-state index is 10.7. The first-order valence-corrected chi connectivity index (χ1v) is 4.67. The predicted octanol–water partition coefficient (Wildman–Crippen LogP) is 1.72. The number of aliphatic imine (C=N–C) groups is 1. The second-order valence-corrected chi connectivity index (χ2v) is 3.54. The smallest absolute Gasteiger partial charge is 0.311 e. The lowest BCUT2D eigenvalue weighted by Crippen LogP contribution is -2.16. The minimum atomic E-state index is -0.825. The zero-order valence-electron chi connectivity index (χ0n) is 7.19. The summed E-state index contributed by atoms with van der Waals surface area (Å²) in [5.41, 5.74) is 0. The fourth-order valence-corrected chi connectivity index (χ4v) is 1.38. The summed E-state index contributed by atoms with van der Waals surface area (Å²) in [7, 11) is 0. The number of allylic oxidation sites excluding steroid dienone is 1. The Hall–Kier alpha value is -0.830. The third kappa shape index (κ3) is 3.59. The molecule has 13 heavy (non-hydrogen) atoms. The van der Waals surface area contributed by atoms with Crippen LogP contribution in [0.4, 0.5) is 0 Å². The molecular weight excluding hydrogens is 190 g/mol. The summed E-state index contributed by atoms with van der Waals surface area (Å²) in [6.07, 6.45) is 6.46. The molecule has 0 bridgehead atoms. The molecule has 0 radical (unpaired) electrons. The molecule has 1 heterocycles. The van der Waals surface area contributed by atoms with Gasteiger partial charge in [-0.05, 0) is 12.8 Å². The topological polar surface area (TPSA) is 49.7 Å². The van der Waals surface area contributed by atoms with E-state index in [9.17, 15) is 4.79 Å². The van der Waals surface area contributed by atoms with Gasteiger partial charge in [0, 0.05) is 6.21 Å². The average Bonchev–Trinajstić information content (AvgIpc) is 2.17. The number of hydrogen-bond acceptors (Lipinski definition) is 2. The minimum absolute atomic E-state index is 0.0662. The zero-order chi connectivity index (χ0) is 9.68. The van der Waals surface area contributed by atoms with Gasteiger partial charge in [0.05, 0.1) is 17.8 Å². The molecule has 1 aliphatic heterocycles. The summed E-state index contributed by atoms with van der Waals surface area (Å²) in [5, 5.41) is 8.71. The van der Waals surface area contributed by atoms with Gasteiger partial charge in [-0.1, -0.05) is 12.2 Å². The number of carbonyl (C=O) groups is 1. The molecule has 0 saturated heterocycles. The van der Waals surface area contributed by atoms with Crippen LogP contribution in [0.2, 0.25) is 0 Å². The molecule has 0 aromatic rings. The molecule has 0 spiro atoms. The molecular formula is C9H12ClNO2. The molecule has 4 heteroatoms. The second-order valence-electron chi connectivity index (χ2n) is 2.98. The molecule has 2 unspecified atom stereocenters. The molecule has 2 atom stereocenters. The van der Waals surface area contributed by atoms with Crippen molar-refractivity contribution in [1.29, 1.82) is 0 Å². The first-order valence-electron chi connectivity index (χ1n) is 4.23. The Bertz CT molecular complexity index is 238. The summed E-state index contributed by atoms with van der Waals surface area (Å²) >= 11 is 5.90. The van der Waals surface area contributed by atoms with Crippen molar-refractivity contribution in [3.05, 3.63) is 12.2 Å². The van der Waals surface area contributed by atoms with Crippen LogP contribution in [0.5, 0.6) is 0 Å². The lowest BCUT2D eigenvalue weighted by Gasteiger charge is -2.06. The predicted molar refractivity (Wildman–Crippen MR) is 52.5 cm³/mol. The van der Waals surface area contributed by atoms with E-state index in [0.717, 1.165) is 0 Å². The van der Waals surface area contributed by atoms with Crippen LogP contribution in [-0.2, 0) is 4.79 Å². The molecule has 1 rings (SSSR count). The number of rotatable bonds is 1. The van der Waals surface area contributed by atoms with Gasteiger partial charge >= 0.3 is 5.97 Å². The van der Waals surface area contributed by atoms with Crippen molar-refractivity contribution in [3.8, 4) is 0 Å². The van der Waals surface area contributed by atoms with Crippen LogP contribution in [0.15, 0.2) is 17.1 Å². The monoisotopic (exact) mass is 201 g/mol. The van der Waals surface area contributed by atoms with Gasteiger partial charge in [0.25, 0.3) is 0 Å². The van der Waals surface area contributed by atoms with E-state index in [-0.39, 0.29) is 5.38 Å². The molecule has 1 N–H and O–H groups in total. The largest absolute Gasteiger partial charge is 0.481 e. The third-order valence-corrected chi connectivity index (χ3v) is 2.28. The van der Waals surface area contributed by atoms with Gasteiger partial charge in [-0.3, -0.25) is 9.79 Å². The van der Waals surface area contributed by atoms with Crippen molar-refractivity contribution in [2.75, 3.05) is 6.54 Å². The van der Waals surface area contributed by atoms with Crippen LogP contribution in [0.3, 0.4) is 0 Å². The van der Waals surface area contributed by atoms with Gasteiger partial charge in [-0.15, -0.1) is 11.6 Å². The molecule has 0 amide bonds. The molecule has 1 aliphatic rings. The molecule has 0 saturated carbocycles. The Morgan fingerprint density at radius 3 is 3.00 bits per heavy atom. The van der Waals surface area contributed by atoms with Crippen molar-refractivity contribution in [3.63, 3.8) is 0 Å². The van der Waals surface area contributed by atoms with Gasteiger partial charge in [-0.2, -0.15) is 0 Å². The minimum Gasteiger partial charge on any atom is -0.481 e. The van der Waals surface area contributed by atoms with E-state index in [1.807, 2.05) is 12.2 Å². The van der Waals surface area contributed by atoms with E-state index in [1.54, 1.807) is 0 Å². The highest BCUT2D eigenvalue weighted by Gasteiger charge is 2.16. The highest BCUT2D eigenvalue weighted by Crippen LogP contribution is 2.14. The zero-order valence-corrected chi connectivity index (χ0v) is 7.94. The maximum absolute atomic E-state index is 10.7. The van der Waals surface area contributed by atoms with Crippen molar-refractivity contribution >= 4 is 23.8 Å². The number of alkyl halides is 1. The standard InChI is InChI=1S/C9H12ClNO2/c10-8-2-1-5-11-6-7(3-4-8)9(12)13/h1-2,6-8H,3-5H2,(H,12,13). The van der Waals surface area contributed by atoms with E-state index in [2.05, 4.69) is 4.99 Å². The Kier molecular flexibility index (Phi) is 3.96. The highest BCUT2D eigenvalue weighted by atomic mass is 35.5. The highest BCUT2D eigenvalue weighted by molar-refractivity contribution is 6.21.